The first kappa shape index (κ1) is 25.7. The van der Waals surface area contributed by atoms with Crippen molar-refractivity contribution in [2.24, 2.45) is 0 Å². The minimum absolute atomic E-state index is 0.0546. The van der Waals surface area contributed by atoms with Gasteiger partial charge in [0, 0.05) is 29.2 Å². The third-order valence-electron chi connectivity index (χ3n) is 6.65. The fraction of sp³-hybridized carbons (Fsp3) is 0.0690. The molecule has 204 valence electrons. The summed E-state index contributed by atoms with van der Waals surface area (Å²) in [5.41, 5.74) is 1.98. The zero-order chi connectivity index (χ0) is 28.7. The van der Waals surface area contributed by atoms with Gasteiger partial charge in [0.15, 0.2) is 0 Å². The van der Waals surface area contributed by atoms with Crippen LogP contribution in [0.3, 0.4) is 0 Å². The predicted octanol–water partition coefficient (Wildman–Crippen LogP) is 5.44. The number of carboxylic acid groups (broad SMARTS) is 1. The molecule has 3 N–H and O–H groups in total. The summed E-state index contributed by atoms with van der Waals surface area (Å²) in [6.45, 7) is 0. The van der Waals surface area contributed by atoms with E-state index in [-0.39, 0.29) is 34.9 Å². The second kappa shape index (κ2) is 10.2. The second-order valence-electron chi connectivity index (χ2n) is 9.18. The van der Waals surface area contributed by atoms with E-state index < -0.39 is 35.4 Å². The van der Waals surface area contributed by atoms with E-state index in [1.807, 2.05) is 0 Å². The SMILES string of the molecule is O=C(O)c1ccc(-c2c(/C=C/c3nnc(-c4ccc(F)cc4)o3)n[nH]c2C2Cc3c(F)ccc(F)c3C(=O)N2)cc1. The van der Waals surface area contributed by atoms with Crippen molar-refractivity contribution in [3.63, 3.8) is 0 Å². The van der Waals surface area contributed by atoms with Gasteiger partial charge in [0.1, 0.15) is 17.5 Å². The Hall–Kier alpha value is -5.52. The molecule has 41 heavy (non-hydrogen) atoms. The molecule has 0 radical (unpaired) electrons. The Labute approximate surface area is 229 Å². The summed E-state index contributed by atoms with van der Waals surface area (Å²) < 4.78 is 47.9. The van der Waals surface area contributed by atoms with Crippen molar-refractivity contribution in [1.82, 2.24) is 25.7 Å². The molecule has 1 unspecified atom stereocenters. The summed E-state index contributed by atoms with van der Waals surface area (Å²) >= 11 is 0. The van der Waals surface area contributed by atoms with Crippen LogP contribution in [0.4, 0.5) is 13.2 Å². The number of rotatable bonds is 6. The van der Waals surface area contributed by atoms with Gasteiger partial charge >= 0.3 is 5.97 Å². The maximum Gasteiger partial charge on any atom is 0.335 e. The maximum absolute atomic E-state index is 14.6. The number of aromatic carboxylic acids is 1. The molecule has 9 nitrogen and oxygen atoms in total. The van der Waals surface area contributed by atoms with Gasteiger partial charge in [0.2, 0.25) is 11.8 Å². The lowest BCUT2D eigenvalue weighted by Gasteiger charge is -2.26. The van der Waals surface area contributed by atoms with E-state index in [1.54, 1.807) is 18.2 Å². The number of fused-ring (bicyclic) bond motifs is 1. The highest BCUT2D eigenvalue weighted by Gasteiger charge is 2.33. The number of benzene rings is 3. The third kappa shape index (κ3) is 4.86. The van der Waals surface area contributed by atoms with Crippen molar-refractivity contribution in [1.29, 1.82) is 0 Å². The molecule has 0 saturated heterocycles. The molecule has 0 fully saturated rings. The molecule has 2 aromatic heterocycles. The van der Waals surface area contributed by atoms with Gasteiger partial charge in [-0.25, -0.2) is 18.0 Å². The molecular weight excluding hydrogens is 539 g/mol. The average molecular weight is 557 g/mol. The smallest absolute Gasteiger partial charge is 0.335 e. The van der Waals surface area contributed by atoms with E-state index >= 15 is 0 Å². The Morgan fingerprint density at radius 1 is 0.902 bits per heavy atom. The van der Waals surface area contributed by atoms with Gasteiger partial charge in [0.25, 0.3) is 5.91 Å². The van der Waals surface area contributed by atoms with Gasteiger partial charge in [-0.1, -0.05) is 12.1 Å². The van der Waals surface area contributed by atoms with Gasteiger partial charge in [-0.3, -0.25) is 9.89 Å². The summed E-state index contributed by atoms with van der Waals surface area (Å²) in [7, 11) is 0. The van der Waals surface area contributed by atoms with Gasteiger partial charge < -0.3 is 14.8 Å². The van der Waals surface area contributed by atoms with Crippen LogP contribution in [0, 0.1) is 17.5 Å². The van der Waals surface area contributed by atoms with E-state index in [2.05, 4.69) is 25.7 Å². The Bertz CT molecular complexity index is 1830. The minimum Gasteiger partial charge on any atom is -0.478 e. The topological polar surface area (TPSA) is 134 Å². The summed E-state index contributed by atoms with van der Waals surface area (Å²) in [5, 5.41) is 27.2. The molecule has 5 aromatic rings. The fourth-order valence-corrected chi connectivity index (χ4v) is 4.69. The number of amides is 1. The lowest BCUT2D eigenvalue weighted by atomic mass is 9.89. The fourth-order valence-electron chi connectivity index (χ4n) is 4.69. The van der Waals surface area contributed by atoms with Crippen LogP contribution < -0.4 is 5.32 Å². The summed E-state index contributed by atoms with van der Waals surface area (Å²) in [6.07, 6.45) is 3.01. The highest BCUT2D eigenvalue weighted by molar-refractivity contribution is 5.97. The van der Waals surface area contributed by atoms with Crippen molar-refractivity contribution in [2.75, 3.05) is 0 Å². The van der Waals surface area contributed by atoms with Gasteiger partial charge in [0.05, 0.1) is 28.6 Å². The quantitative estimate of drug-likeness (QED) is 0.253. The molecule has 0 saturated carbocycles. The van der Waals surface area contributed by atoms with Crippen LogP contribution in [0.2, 0.25) is 0 Å². The number of halogens is 3. The number of carboxylic acids is 1. The number of carbonyl (C=O) groups excluding carboxylic acids is 1. The first-order valence-electron chi connectivity index (χ1n) is 12.3. The standard InChI is InChI=1S/C29H18F3N5O4/c30-17-7-5-15(6-8-17)28-37-35-23(41-28)12-11-21-24(14-1-3-16(4-2-14)29(39)40)26(36-34-21)22-13-18-19(31)9-10-20(32)25(18)27(38)33-22/h1-12,22H,13H2,(H,33,38)(H,34,36)(H,39,40)/b12-11+. The summed E-state index contributed by atoms with van der Waals surface area (Å²) in [6, 6.07) is 12.6. The Morgan fingerprint density at radius 3 is 2.34 bits per heavy atom. The largest absolute Gasteiger partial charge is 0.478 e. The molecule has 0 bridgehead atoms. The van der Waals surface area contributed by atoms with E-state index in [4.69, 9.17) is 4.42 Å². The first-order valence-corrected chi connectivity index (χ1v) is 12.3. The zero-order valence-corrected chi connectivity index (χ0v) is 20.9. The number of hydrogen-bond donors (Lipinski definition) is 3. The molecule has 1 atom stereocenters. The molecule has 0 spiro atoms. The van der Waals surface area contributed by atoms with Crippen LogP contribution in [0.5, 0.6) is 0 Å². The normalized spacial score (nSPS) is 14.7. The van der Waals surface area contributed by atoms with Crippen LogP contribution in [-0.4, -0.2) is 37.4 Å². The van der Waals surface area contributed by atoms with Crippen LogP contribution in [0.25, 0.3) is 34.7 Å². The molecule has 1 amide bonds. The van der Waals surface area contributed by atoms with Crippen molar-refractivity contribution in [3.8, 4) is 22.6 Å². The number of carbonyl (C=O) groups is 2. The van der Waals surface area contributed by atoms with E-state index in [9.17, 15) is 27.9 Å². The predicted molar refractivity (Wildman–Crippen MR) is 140 cm³/mol. The van der Waals surface area contributed by atoms with Crippen LogP contribution in [0.15, 0.2) is 65.1 Å². The van der Waals surface area contributed by atoms with Crippen molar-refractivity contribution >= 4 is 24.0 Å². The summed E-state index contributed by atoms with van der Waals surface area (Å²) in [5.74, 6) is -3.51. The Morgan fingerprint density at radius 2 is 1.61 bits per heavy atom. The number of aromatic nitrogens is 4. The third-order valence-corrected chi connectivity index (χ3v) is 6.65. The van der Waals surface area contributed by atoms with Gasteiger partial charge in [-0.15, -0.1) is 10.2 Å². The number of nitrogens with zero attached hydrogens (tertiary/aromatic N) is 3. The number of hydrogen-bond acceptors (Lipinski definition) is 6. The van der Waals surface area contributed by atoms with Gasteiger partial charge in [-0.05, 0) is 60.2 Å². The van der Waals surface area contributed by atoms with Crippen LogP contribution in [0.1, 0.15) is 49.6 Å². The van der Waals surface area contributed by atoms with E-state index in [1.165, 1.54) is 42.5 Å². The van der Waals surface area contributed by atoms with Crippen LogP contribution in [-0.2, 0) is 6.42 Å². The van der Waals surface area contributed by atoms with Crippen molar-refractivity contribution in [3.05, 3.63) is 112 Å². The van der Waals surface area contributed by atoms with Crippen molar-refractivity contribution in [2.45, 2.75) is 12.5 Å². The average Bonchev–Trinajstić information content (AvgIpc) is 3.61. The highest BCUT2D eigenvalue weighted by atomic mass is 19.1. The monoisotopic (exact) mass is 557 g/mol. The Kier molecular flexibility index (Phi) is 6.42. The molecule has 3 aromatic carbocycles. The van der Waals surface area contributed by atoms with Crippen molar-refractivity contribution < 1.29 is 32.3 Å². The molecule has 0 aliphatic carbocycles. The van der Waals surface area contributed by atoms with Crippen LogP contribution >= 0.6 is 0 Å². The van der Waals surface area contributed by atoms with E-state index in [0.29, 0.717) is 28.1 Å². The Balaban J connectivity index is 1.39. The lowest BCUT2D eigenvalue weighted by molar-refractivity contribution is 0.0696. The van der Waals surface area contributed by atoms with E-state index in [0.717, 1.165) is 12.1 Å². The zero-order valence-electron chi connectivity index (χ0n) is 20.9. The highest BCUT2D eigenvalue weighted by Crippen LogP contribution is 2.36. The second-order valence-corrected chi connectivity index (χ2v) is 9.18. The molecule has 6 rings (SSSR count). The van der Waals surface area contributed by atoms with Gasteiger partial charge in [-0.2, -0.15) is 5.10 Å². The molecular formula is C29H18F3N5O4. The number of aromatic amines is 1. The molecule has 1 aliphatic heterocycles. The maximum atomic E-state index is 14.6. The molecule has 1 aliphatic rings. The molecule has 3 heterocycles. The first-order chi connectivity index (χ1) is 19.8. The number of nitrogens with one attached hydrogen (secondary N) is 2. The minimum atomic E-state index is -1.11. The molecule has 12 heteroatoms. The summed E-state index contributed by atoms with van der Waals surface area (Å²) in [4.78, 5) is 24.2. The number of H-pyrrole nitrogens is 1. The lowest BCUT2D eigenvalue weighted by Crippen LogP contribution is -2.37.